The van der Waals surface area contributed by atoms with Gasteiger partial charge in [0.2, 0.25) is 0 Å². The highest BCUT2D eigenvalue weighted by Gasteiger charge is 2.33. The van der Waals surface area contributed by atoms with Gasteiger partial charge in [0.15, 0.2) is 0 Å². The Labute approximate surface area is 195 Å². The normalized spacial score (nSPS) is 15.0. The van der Waals surface area contributed by atoms with Gasteiger partial charge >= 0.3 is 6.18 Å². The summed E-state index contributed by atoms with van der Waals surface area (Å²) in [7, 11) is 0. The number of carbonyl (C=O) groups is 1. The number of rotatable bonds is 4. The summed E-state index contributed by atoms with van der Waals surface area (Å²) >= 11 is 0. The SMILES string of the molecule is CC(C)(O)c1cc2[nH]ncc2cc1NC(=O)c1cccc(C(F)(F)F)n1.OCC1CCCCC1. The van der Waals surface area contributed by atoms with E-state index in [1.807, 2.05) is 0 Å². The lowest BCUT2D eigenvalue weighted by molar-refractivity contribution is -0.141. The van der Waals surface area contributed by atoms with Gasteiger partial charge in [0.25, 0.3) is 5.91 Å². The Hall–Kier alpha value is -2.98. The smallest absolute Gasteiger partial charge is 0.396 e. The quantitative estimate of drug-likeness (QED) is 0.421. The Bertz CT molecular complexity index is 1120. The number of hydrogen-bond acceptors (Lipinski definition) is 5. The van der Waals surface area contributed by atoms with Crippen molar-refractivity contribution in [1.29, 1.82) is 0 Å². The number of fused-ring (bicyclic) bond motifs is 1. The second-order valence-electron chi connectivity index (χ2n) is 8.96. The Morgan fingerprint density at radius 2 is 1.88 bits per heavy atom. The second kappa shape index (κ2) is 10.5. The molecule has 2 heterocycles. The fraction of sp³-hybridized carbons (Fsp3) is 0.458. The number of anilines is 1. The number of amides is 1. The van der Waals surface area contributed by atoms with Crippen LogP contribution in [-0.4, -0.2) is 37.9 Å². The van der Waals surface area contributed by atoms with Gasteiger partial charge in [-0.2, -0.15) is 18.3 Å². The topological polar surface area (TPSA) is 111 Å². The van der Waals surface area contributed by atoms with Crippen LogP contribution in [0.25, 0.3) is 10.9 Å². The molecule has 1 aromatic carbocycles. The molecule has 0 aliphatic heterocycles. The monoisotopic (exact) mass is 478 g/mol. The number of nitrogens with one attached hydrogen (secondary N) is 2. The predicted octanol–water partition coefficient (Wildman–Crippen LogP) is 5.02. The van der Waals surface area contributed by atoms with Gasteiger partial charge in [-0.1, -0.05) is 25.3 Å². The number of aliphatic hydroxyl groups is 2. The van der Waals surface area contributed by atoms with E-state index in [4.69, 9.17) is 5.11 Å². The predicted molar refractivity (Wildman–Crippen MR) is 122 cm³/mol. The lowest BCUT2D eigenvalue weighted by Crippen LogP contribution is -2.22. The van der Waals surface area contributed by atoms with E-state index in [-0.39, 0.29) is 11.4 Å². The zero-order chi connectivity index (χ0) is 24.9. The maximum absolute atomic E-state index is 12.8. The van der Waals surface area contributed by atoms with E-state index in [9.17, 15) is 23.1 Å². The van der Waals surface area contributed by atoms with E-state index < -0.39 is 23.4 Å². The first-order valence-electron chi connectivity index (χ1n) is 11.2. The van der Waals surface area contributed by atoms with Crippen molar-refractivity contribution in [2.45, 2.75) is 57.7 Å². The molecule has 0 saturated heterocycles. The minimum atomic E-state index is -4.65. The van der Waals surface area contributed by atoms with Crippen molar-refractivity contribution in [2.24, 2.45) is 5.92 Å². The van der Waals surface area contributed by atoms with Crippen molar-refractivity contribution in [1.82, 2.24) is 15.2 Å². The first-order valence-corrected chi connectivity index (χ1v) is 11.2. The maximum Gasteiger partial charge on any atom is 0.433 e. The third kappa shape index (κ3) is 6.54. The Morgan fingerprint density at radius 3 is 2.47 bits per heavy atom. The van der Waals surface area contributed by atoms with E-state index >= 15 is 0 Å². The second-order valence-corrected chi connectivity index (χ2v) is 8.96. The van der Waals surface area contributed by atoms with Crippen LogP contribution in [0.5, 0.6) is 0 Å². The van der Waals surface area contributed by atoms with Gasteiger partial charge in [0.1, 0.15) is 11.4 Å². The van der Waals surface area contributed by atoms with Crippen molar-refractivity contribution in [3.63, 3.8) is 0 Å². The maximum atomic E-state index is 12.8. The highest BCUT2D eigenvalue weighted by Crippen LogP contribution is 2.32. The summed E-state index contributed by atoms with van der Waals surface area (Å²) in [4.78, 5) is 15.8. The summed E-state index contributed by atoms with van der Waals surface area (Å²) in [5.74, 6) is -0.173. The molecule has 4 N–H and O–H groups in total. The molecule has 0 unspecified atom stereocenters. The molecule has 7 nitrogen and oxygen atoms in total. The largest absolute Gasteiger partial charge is 0.433 e. The number of pyridine rings is 1. The van der Waals surface area contributed by atoms with E-state index in [2.05, 4.69) is 20.5 Å². The average molecular weight is 479 g/mol. The Balaban J connectivity index is 0.000000343. The van der Waals surface area contributed by atoms with Crippen LogP contribution in [-0.2, 0) is 11.8 Å². The standard InChI is InChI=1S/C17H15F3N4O2.C7H14O/c1-16(2,26)10-7-12-9(8-21-24-12)6-13(10)23-15(25)11-4-3-5-14(22-11)17(18,19)20;8-6-7-4-2-1-3-5-7/h3-8,26H,1-2H3,(H,21,24)(H,23,25);7-8H,1-6H2. The summed E-state index contributed by atoms with van der Waals surface area (Å²) in [6.07, 6.45) is 3.46. The molecule has 2 aromatic heterocycles. The van der Waals surface area contributed by atoms with Gasteiger partial charge in [0.05, 0.1) is 17.3 Å². The number of nitrogens with zero attached hydrogens (tertiary/aromatic N) is 2. The zero-order valence-electron chi connectivity index (χ0n) is 19.1. The van der Waals surface area contributed by atoms with Crippen molar-refractivity contribution < 1.29 is 28.2 Å². The Morgan fingerprint density at radius 1 is 1.18 bits per heavy atom. The lowest BCUT2D eigenvalue weighted by Gasteiger charge is -2.22. The van der Waals surface area contributed by atoms with E-state index in [1.54, 1.807) is 12.1 Å². The van der Waals surface area contributed by atoms with E-state index in [0.29, 0.717) is 29.0 Å². The minimum absolute atomic E-state index is 0.260. The molecule has 10 heteroatoms. The molecule has 184 valence electrons. The van der Waals surface area contributed by atoms with Crippen LogP contribution in [0.15, 0.2) is 36.5 Å². The van der Waals surface area contributed by atoms with E-state index in [0.717, 1.165) is 12.1 Å². The van der Waals surface area contributed by atoms with Crippen LogP contribution >= 0.6 is 0 Å². The number of carbonyl (C=O) groups excluding carboxylic acids is 1. The number of aromatic nitrogens is 3. The third-order valence-corrected chi connectivity index (χ3v) is 5.74. The molecule has 1 fully saturated rings. The summed E-state index contributed by atoms with van der Waals surface area (Å²) in [6, 6.07) is 6.29. The molecule has 3 aromatic rings. The fourth-order valence-electron chi connectivity index (χ4n) is 3.88. The molecule has 1 amide bonds. The van der Waals surface area contributed by atoms with Crippen LogP contribution < -0.4 is 5.32 Å². The van der Waals surface area contributed by atoms with Crippen molar-refractivity contribution in [3.8, 4) is 0 Å². The van der Waals surface area contributed by atoms with Gasteiger partial charge in [-0.15, -0.1) is 0 Å². The molecule has 0 atom stereocenters. The van der Waals surface area contributed by atoms with Crippen LogP contribution in [0.1, 0.15) is 67.7 Å². The summed E-state index contributed by atoms with van der Waals surface area (Å²) in [6.45, 7) is 3.48. The summed E-state index contributed by atoms with van der Waals surface area (Å²) < 4.78 is 38.3. The highest BCUT2D eigenvalue weighted by atomic mass is 19.4. The van der Waals surface area contributed by atoms with Crippen LogP contribution in [0, 0.1) is 5.92 Å². The molecular weight excluding hydrogens is 449 g/mol. The molecule has 4 rings (SSSR count). The van der Waals surface area contributed by atoms with Gasteiger partial charge in [-0.05, 0) is 56.9 Å². The number of halogens is 3. The summed E-state index contributed by atoms with van der Waals surface area (Å²) in [5.41, 5.74) is -1.54. The third-order valence-electron chi connectivity index (χ3n) is 5.74. The van der Waals surface area contributed by atoms with Crippen LogP contribution in [0.4, 0.5) is 18.9 Å². The van der Waals surface area contributed by atoms with Gasteiger partial charge in [-0.25, -0.2) is 4.98 Å². The molecular formula is C24H29F3N4O3. The number of hydrogen-bond donors (Lipinski definition) is 4. The molecule has 34 heavy (non-hydrogen) atoms. The number of alkyl halides is 3. The van der Waals surface area contributed by atoms with Gasteiger partial charge in [0, 0.05) is 23.2 Å². The average Bonchev–Trinajstić information content (AvgIpc) is 3.26. The zero-order valence-corrected chi connectivity index (χ0v) is 19.1. The molecule has 1 saturated carbocycles. The van der Waals surface area contributed by atoms with Gasteiger partial charge < -0.3 is 15.5 Å². The molecule has 1 aliphatic carbocycles. The van der Waals surface area contributed by atoms with Crippen LogP contribution in [0.2, 0.25) is 0 Å². The van der Waals surface area contributed by atoms with E-state index in [1.165, 1.54) is 58.2 Å². The van der Waals surface area contributed by atoms with Crippen LogP contribution in [0.3, 0.4) is 0 Å². The Kier molecular flexibility index (Phi) is 7.93. The number of H-pyrrole nitrogens is 1. The van der Waals surface area contributed by atoms with Gasteiger partial charge in [-0.3, -0.25) is 9.89 Å². The first-order chi connectivity index (χ1) is 16.0. The highest BCUT2D eigenvalue weighted by molar-refractivity contribution is 6.04. The van der Waals surface area contributed by atoms with Crippen molar-refractivity contribution in [3.05, 3.63) is 53.5 Å². The fourth-order valence-corrected chi connectivity index (χ4v) is 3.88. The van der Waals surface area contributed by atoms with Crippen molar-refractivity contribution >= 4 is 22.5 Å². The first kappa shape index (κ1) is 25.6. The molecule has 0 radical (unpaired) electrons. The minimum Gasteiger partial charge on any atom is -0.396 e. The number of benzene rings is 1. The molecule has 0 bridgehead atoms. The van der Waals surface area contributed by atoms with Crippen molar-refractivity contribution in [2.75, 3.05) is 11.9 Å². The number of aromatic amines is 1. The lowest BCUT2D eigenvalue weighted by atomic mass is 9.90. The summed E-state index contributed by atoms with van der Waals surface area (Å²) in [5, 5.41) is 28.9. The molecule has 0 spiro atoms. The number of aliphatic hydroxyl groups excluding tert-OH is 1. The molecule has 1 aliphatic rings.